The highest BCUT2D eigenvalue weighted by Crippen LogP contribution is 2.22. The molecule has 2 rings (SSSR count). The molecule has 1 aromatic carbocycles. The fraction of sp³-hybridized carbons (Fsp3) is 0.462. The van der Waals surface area contributed by atoms with Crippen molar-refractivity contribution in [3.63, 3.8) is 0 Å². The molecule has 1 atom stereocenters. The van der Waals surface area contributed by atoms with Crippen LogP contribution >= 0.6 is 0 Å². The van der Waals surface area contributed by atoms with E-state index in [0.29, 0.717) is 0 Å². The van der Waals surface area contributed by atoms with E-state index in [0.717, 1.165) is 30.9 Å². The molecule has 0 aromatic heterocycles. The molecule has 3 nitrogen and oxygen atoms in total. The normalized spacial score (nSPS) is 20.9. The number of benzene rings is 1. The van der Waals surface area contributed by atoms with Gasteiger partial charge in [-0.2, -0.15) is 0 Å². The molecule has 0 radical (unpaired) electrons. The SMILES string of the molecule is CC(=O)c1ccccc1N1CCOC(C)C1. The molecule has 0 aliphatic carbocycles. The quantitative estimate of drug-likeness (QED) is 0.713. The smallest absolute Gasteiger partial charge is 0.161 e. The van der Waals surface area contributed by atoms with Gasteiger partial charge in [0.15, 0.2) is 5.78 Å². The Bertz CT molecular complexity index is 389. The molecule has 1 fully saturated rings. The summed E-state index contributed by atoms with van der Waals surface area (Å²) in [6.07, 6.45) is 0.230. The lowest BCUT2D eigenvalue weighted by molar-refractivity contribution is 0.0531. The Morgan fingerprint density at radius 2 is 2.19 bits per heavy atom. The predicted molar refractivity (Wildman–Crippen MR) is 64.1 cm³/mol. The molecular formula is C13H17NO2. The van der Waals surface area contributed by atoms with Crippen LogP contribution in [0.1, 0.15) is 24.2 Å². The number of carbonyl (C=O) groups excluding carboxylic acids is 1. The number of ketones is 1. The highest BCUT2D eigenvalue weighted by atomic mass is 16.5. The molecule has 1 aliphatic heterocycles. The zero-order chi connectivity index (χ0) is 11.5. The summed E-state index contributed by atoms with van der Waals surface area (Å²) >= 11 is 0. The van der Waals surface area contributed by atoms with Gasteiger partial charge in [-0.15, -0.1) is 0 Å². The Morgan fingerprint density at radius 1 is 1.44 bits per heavy atom. The van der Waals surface area contributed by atoms with E-state index in [4.69, 9.17) is 4.74 Å². The van der Waals surface area contributed by atoms with Gasteiger partial charge in [-0.05, 0) is 26.0 Å². The monoisotopic (exact) mass is 219 g/mol. The van der Waals surface area contributed by atoms with Gasteiger partial charge in [0, 0.05) is 24.3 Å². The van der Waals surface area contributed by atoms with Crippen LogP contribution in [0.15, 0.2) is 24.3 Å². The molecule has 86 valence electrons. The van der Waals surface area contributed by atoms with Gasteiger partial charge < -0.3 is 9.64 Å². The van der Waals surface area contributed by atoms with E-state index in [1.165, 1.54) is 0 Å². The number of morpholine rings is 1. The maximum atomic E-state index is 11.5. The number of hydrogen-bond donors (Lipinski definition) is 0. The van der Waals surface area contributed by atoms with Crippen LogP contribution in [0.25, 0.3) is 0 Å². The number of ether oxygens (including phenoxy) is 1. The Morgan fingerprint density at radius 3 is 2.88 bits per heavy atom. The van der Waals surface area contributed by atoms with E-state index in [-0.39, 0.29) is 11.9 Å². The summed E-state index contributed by atoms with van der Waals surface area (Å²) in [7, 11) is 0. The van der Waals surface area contributed by atoms with Crippen molar-refractivity contribution in [1.29, 1.82) is 0 Å². The fourth-order valence-electron chi connectivity index (χ4n) is 2.08. The van der Waals surface area contributed by atoms with Crippen LogP contribution in [0, 0.1) is 0 Å². The molecule has 0 bridgehead atoms. The van der Waals surface area contributed by atoms with E-state index in [9.17, 15) is 4.79 Å². The molecule has 16 heavy (non-hydrogen) atoms. The molecule has 0 amide bonds. The van der Waals surface area contributed by atoms with Crippen LogP contribution in [0.4, 0.5) is 5.69 Å². The van der Waals surface area contributed by atoms with E-state index >= 15 is 0 Å². The van der Waals surface area contributed by atoms with Crippen molar-refractivity contribution in [2.24, 2.45) is 0 Å². The summed E-state index contributed by atoms with van der Waals surface area (Å²) in [5, 5.41) is 0. The molecule has 0 spiro atoms. The van der Waals surface area contributed by atoms with Crippen LogP contribution in [0.5, 0.6) is 0 Å². The van der Waals surface area contributed by atoms with Crippen LogP contribution in [-0.2, 0) is 4.74 Å². The molecule has 3 heteroatoms. The van der Waals surface area contributed by atoms with Gasteiger partial charge in [-0.3, -0.25) is 4.79 Å². The summed E-state index contributed by atoms with van der Waals surface area (Å²) in [5.74, 6) is 0.120. The molecule has 1 aliphatic rings. The maximum absolute atomic E-state index is 11.5. The van der Waals surface area contributed by atoms with Gasteiger partial charge in [0.25, 0.3) is 0 Å². The second-order valence-electron chi connectivity index (χ2n) is 4.20. The van der Waals surface area contributed by atoms with E-state index < -0.39 is 0 Å². The molecule has 1 heterocycles. The number of para-hydroxylation sites is 1. The number of rotatable bonds is 2. The van der Waals surface area contributed by atoms with Gasteiger partial charge in [-0.1, -0.05) is 12.1 Å². The lowest BCUT2D eigenvalue weighted by atomic mass is 10.1. The Kier molecular flexibility index (Phi) is 3.25. The highest BCUT2D eigenvalue weighted by Gasteiger charge is 2.19. The molecule has 0 N–H and O–H groups in total. The number of Topliss-reactive ketones (excluding diaryl/α,β-unsaturated/α-hetero) is 1. The number of carbonyl (C=O) groups is 1. The van der Waals surface area contributed by atoms with Crippen molar-refractivity contribution >= 4 is 11.5 Å². The van der Waals surface area contributed by atoms with Crippen LogP contribution in [-0.4, -0.2) is 31.6 Å². The third-order valence-corrected chi connectivity index (χ3v) is 2.87. The summed E-state index contributed by atoms with van der Waals surface area (Å²) < 4.78 is 5.50. The number of anilines is 1. The van der Waals surface area contributed by atoms with Gasteiger partial charge in [0.2, 0.25) is 0 Å². The third-order valence-electron chi connectivity index (χ3n) is 2.87. The maximum Gasteiger partial charge on any atom is 0.161 e. The highest BCUT2D eigenvalue weighted by molar-refractivity contribution is 5.99. The third kappa shape index (κ3) is 2.25. The van der Waals surface area contributed by atoms with Crippen molar-refractivity contribution in [1.82, 2.24) is 0 Å². The summed E-state index contributed by atoms with van der Waals surface area (Å²) in [5.41, 5.74) is 1.83. The second kappa shape index (κ2) is 4.66. The van der Waals surface area contributed by atoms with E-state index in [1.807, 2.05) is 24.3 Å². The first-order chi connectivity index (χ1) is 7.68. The largest absolute Gasteiger partial charge is 0.375 e. The van der Waals surface area contributed by atoms with Crippen molar-refractivity contribution in [2.45, 2.75) is 20.0 Å². The van der Waals surface area contributed by atoms with Gasteiger partial charge in [0.1, 0.15) is 0 Å². The van der Waals surface area contributed by atoms with Crippen molar-refractivity contribution < 1.29 is 9.53 Å². The Hall–Kier alpha value is -1.35. The first kappa shape index (κ1) is 11.1. The van der Waals surface area contributed by atoms with E-state index in [1.54, 1.807) is 6.92 Å². The average molecular weight is 219 g/mol. The Labute approximate surface area is 96.0 Å². The van der Waals surface area contributed by atoms with Crippen molar-refractivity contribution in [2.75, 3.05) is 24.6 Å². The molecular weight excluding hydrogens is 202 g/mol. The number of nitrogens with zero attached hydrogens (tertiary/aromatic N) is 1. The second-order valence-corrected chi connectivity index (χ2v) is 4.20. The molecule has 1 saturated heterocycles. The van der Waals surface area contributed by atoms with Crippen molar-refractivity contribution in [3.8, 4) is 0 Å². The zero-order valence-corrected chi connectivity index (χ0v) is 9.77. The van der Waals surface area contributed by atoms with Crippen molar-refractivity contribution in [3.05, 3.63) is 29.8 Å². The average Bonchev–Trinajstić information content (AvgIpc) is 2.29. The molecule has 0 saturated carbocycles. The van der Waals surface area contributed by atoms with Gasteiger partial charge in [0.05, 0.1) is 12.7 Å². The summed E-state index contributed by atoms with van der Waals surface area (Å²) in [6, 6.07) is 7.78. The first-order valence-electron chi connectivity index (χ1n) is 5.65. The minimum atomic E-state index is 0.120. The minimum absolute atomic E-state index is 0.120. The lowest BCUT2D eigenvalue weighted by Gasteiger charge is -2.33. The molecule has 1 aromatic rings. The first-order valence-corrected chi connectivity index (χ1v) is 5.65. The van der Waals surface area contributed by atoms with E-state index in [2.05, 4.69) is 11.8 Å². The number of hydrogen-bond acceptors (Lipinski definition) is 3. The zero-order valence-electron chi connectivity index (χ0n) is 9.77. The van der Waals surface area contributed by atoms with Crippen LogP contribution < -0.4 is 4.90 Å². The summed E-state index contributed by atoms with van der Waals surface area (Å²) in [6.45, 7) is 6.11. The predicted octanol–water partition coefficient (Wildman–Crippen LogP) is 2.11. The van der Waals surface area contributed by atoms with Gasteiger partial charge >= 0.3 is 0 Å². The topological polar surface area (TPSA) is 29.5 Å². The van der Waals surface area contributed by atoms with Crippen LogP contribution in [0.2, 0.25) is 0 Å². The van der Waals surface area contributed by atoms with Crippen LogP contribution in [0.3, 0.4) is 0 Å². The van der Waals surface area contributed by atoms with Gasteiger partial charge in [-0.25, -0.2) is 0 Å². The summed E-state index contributed by atoms with van der Waals surface area (Å²) in [4.78, 5) is 13.8. The standard InChI is InChI=1S/C13H17NO2/c1-10-9-14(7-8-16-10)13-6-4-3-5-12(13)11(2)15/h3-6,10H,7-9H2,1-2H3. The fourth-order valence-corrected chi connectivity index (χ4v) is 2.08. The lowest BCUT2D eigenvalue weighted by Crippen LogP contribution is -2.41. The minimum Gasteiger partial charge on any atom is -0.375 e. The Balaban J connectivity index is 2.28. The molecule has 1 unspecified atom stereocenters.